The first-order valence-corrected chi connectivity index (χ1v) is 8.19. The van der Waals surface area contributed by atoms with Gasteiger partial charge < -0.3 is 9.52 Å². The third-order valence-corrected chi connectivity index (χ3v) is 4.28. The zero-order valence-corrected chi connectivity index (χ0v) is 12.1. The minimum absolute atomic E-state index is 0.113. The van der Waals surface area contributed by atoms with E-state index in [0.717, 1.165) is 10.7 Å². The molecule has 2 aromatic rings. The molecule has 0 fully saturated rings. The fourth-order valence-electron chi connectivity index (χ4n) is 2.35. The molecule has 0 saturated carbocycles. The Bertz CT molecular complexity index is 781. The molecule has 0 amide bonds. The maximum Gasteiger partial charge on any atom is 0.247 e. The Balaban J connectivity index is 2.01. The summed E-state index contributed by atoms with van der Waals surface area (Å²) in [4.78, 5) is 0. The van der Waals surface area contributed by atoms with Gasteiger partial charge in [-0.25, -0.2) is 8.42 Å². The van der Waals surface area contributed by atoms with Crippen LogP contribution in [-0.4, -0.2) is 29.9 Å². The lowest BCUT2D eigenvalue weighted by atomic mass is 10.0. The molecular weight excluding hydrogens is 292 g/mol. The zero-order valence-electron chi connectivity index (χ0n) is 11.3. The lowest BCUT2D eigenvalue weighted by molar-refractivity contribution is 0.322. The molecule has 0 saturated heterocycles. The monoisotopic (exact) mass is 306 g/mol. The fourth-order valence-corrected chi connectivity index (χ4v) is 3.23. The Morgan fingerprint density at radius 2 is 2.14 bits per heavy atom. The van der Waals surface area contributed by atoms with Crippen LogP contribution in [0.2, 0.25) is 0 Å². The standard InChI is InChI=1S/C14H14N2O4S/c1-21(18,19)16-13(14-6-3-7-20-14)9-12(15-16)10-4-2-5-11(17)8-10/h2-8,13,17H,9H2,1H3/t13-/m0/s1. The number of phenols is 1. The highest BCUT2D eigenvalue weighted by molar-refractivity contribution is 7.88. The summed E-state index contributed by atoms with van der Waals surface area (Å²) in [5.41, 5.74) is 1.29. The van der Waals surface area contributed by atoms with Gasteiger partial charge in [-0.2, -0.15) is 9.52 Å². The first-order chi connectivity index (χ1) is 9.95. The summed E-state index contributed by atoms with van der Waals surface area (Å²) in [6.45, 7) is 0. The molecule has 0 radical (unpaired) electrons. The van der Waals surface area contributed by atoms with E-state index in [9.17, 15) is 13.5 Å². The number of furan rings is 1. The molecule has 0 aliphatic carbocycles. The average molecular weight is 306 g/mol. The number of hydrogen-bond acceptors (Lipinski definition) is 5. The second kappa shape index (κ2) is 4.92. The molecule has 7 heteroatoms. The van der Waals surface area contributed by atoms with Crippen molar-refractivity contribution in [3.05, 3.63) is 54.0 Å². The van der Waals surface area contributed by atoms with E-state index >= 15 is 0 Å². The van der Waals surface area contributed by atoms with Crippen molar-refractivity contribution in [1.82, 2.24) is 4.41 Å². The predicted molar refractivity (Wildman–Crippen MR) is 77.4 cm³/mol. The summed E-state index contributed by atoms with van der Waals surface area (Å²) in [7, 11) is -3.51. The molecule has 1 aliphatic rings. The number of hydrazone groups is 1. The lowest BCUT2D eigenvalue weighted by Crippen LogP contribution is -2.25. The first-order valence-electron chi connectivity index (χ1n) is 6.35. The number of hydrogen-bond donors (Lipinski definition) is 1. The molecular formula is C14H14N2O4S. The second-order valence-electron chi connectivity index (χ2n) is 4.87. The van der Waals surface area contributed by atoms with Crippen molar-refractivity contribution < 1.29 is 17.9 Å². The van der Waals surface area contributed by atoms with Crippen LogP contribution in [0.25, 0.3) is 0 Å². The van der Waals surface area contributed by atoms with Gasteiger partial charge in [-0.15, -0.1) is 0 Å². The van der Waals surface area contributed by atoms with Crippen LogP contribution in [0.3, 0.4) is 0 Å². The summed E-state index contributed by atoms with van der Waals surface area (Å²) >= 11 is 0. The number of rotatable bonds is 3. The highest BCUT2D eigenvalue weighted by atomic mass is 32.2. The molecule has 1 aromatic carbocycles. The van der Waals surface area contributed by atoms with Gasteiger partial charge in [0.15, 0.2) is 0 Å². The highest BCUT2D eigenvalue weighted by Crippen LogP contribution is 2.35. The van der Waals surface area contributed by atoms with E-state index in [2.05, 4.69) is 5.10 Å². The van der Waals surface area contributed by atoms with E-state index < -0.39 is 16.1 Å². The molecule has 1 aliphatic heterocycles. The SMILES string of the molecule is CS(=O)(=O)N1N=C(c2cccc(O)c2)C[C@H]1c1ccco1. The van der Waals surface area contributed by atoms with Gasteiger partial charge in [0.05, 0.1) is 18.2 Å². The minimum atomic E-state index is -3.51. The third kappa shape index (κ3) is 2.64. The van der Waals surface area contributed by atoms with Gasteiger partial charge in [0.25, 0.3) is 0 Å². The van der Waals surface area contributed by atoms with Gasteiger partial charge in [0.1, 0.15) is 17.6 Å². The number of nitrogens with zero attached hydrogens (tertiary/aromatic N) is 2. The molecule has 6 nitrogen and oxygen atoms in total. The minimum Gasteiger partial charge on any atom is -0.508 e. The Morgan fingerprint density at radius 3 is 2.76 bits per heavy atom. The van der Waals surface area contributed by atoms with Crippen molar-refractivity contribution in [2.24, 2.45) is 5.10 Å². The van der Waals surface area contributed by atoms with Crippen LogP contribution in [0.1, 0.15) is 23.8 Å². The molecule has 0 unspecified atom stereocenters. The van der Waals surface area contributed by atoms with Crippen LogP contribution in [0.4, 0.5) is 0 Å². The molecule has 21 heavy (non-hydrogen) atoms. The number of aromatic hydroxyl groups is 1. The molecule has 1 aromatic heterocycles. The molecule has 2 heterocycles. The molecule has 0 spiro atoms. The van der Waals surface area contributed by atoms with Gasteiger partial charge in [-0.05, 0) is 24.3 Å². The van der Waals surface area contributed by atoms with Crippen molar-refractivity contribution >= 4 is 15.7 Å². The Hall–Kier alpha value is -2.28. The van der Waals surface area contributed by atoms with Crippen LogP contribution in [-0.2, 0) is 10.0 Å². The Morgan fingerprint density at radius 1 is 1.33 bits per heavy atom. The van der Waals surface area contributed by atoms with Crippen molar-refractivity contribution in [3.63, 3.8) is 0 Å². The molecule has 1 N–H and O–H groups in total. The normalized spacial score (nSPS) is 18.8. The van der Waals surface area contributed by atoms with E-state index in [0.29, 0.717) is 23.5 Å². The van der Waals surface area contributed by atoms with Gasteiger partial charge in [-0.3, -0.25) is 0 Å². The Kier molecular flexibility index (Phi) is 3.21. The topological polar surface area (TPSA) is 83.1 Å². The number of sulfonamides is 1. The summed E-state index contributed by atoms with van der Waals surface area (Å²) in [6.07, 6.45) is 3.00. The Labute approximate surface area is 122 Å². The largest absolute Gasteiger partial charge is 0.508 e. The lowest BCUT2D eigenvalue weighted by Gasteiger charge is -2.18. The van der Waals surface area contributed by atoms with Crippen molar-refractivity contribution in [2.45, 2.75) is 12.5 Å². The average Bonchev–Trinajstić information content (AvgIpc) is 3.07. The number of benzene rings is 1. The maximum absolute atomic E-state index is 11.9. The third-order valence-electron chi connectivity index (χ3n) is 3.26. The molecule has 110 valence electrons. The van der Waals surface area contributed by atoms with Crippen LogP contribution in [0.15, 0.2) is 52.2 Å². The smallest absolute Gasteiger partial charge is 0.247 e. The maximum atomic E-state index is 11.9. The van der Waals surface area contributed by atoms with E-state index in [1.54, 1.807) is 36.4 Å². The van der Waals surface area contributed by atoms with E-state index in [4.69, 9.17) is 4.42 Å². The van der Waals surface area contributed by atoms with E-state index in [-0.39, 0.29) is 5.75 Å². The summed E-state index contributed by atoms with van der Waals surface area (Å²) in [6, 6.07) is 9.53. The fraction of sp³-hybridized carbons (Fsp3) is 0.214. The highest BCUT2D eigenvalue weighted by Gasteiger charge is 2.36. The van der Waals surface area contributed by atoms with Crippen LogP contribution < -0.4 is 0 Å². The summed E-state index contributed by atoms with van der Waals surface area (Å²) < 4.78 is 30.2. The number of phenolic OH excluding ortho intramolecular Hbond substituents is 1. The van der Waals surface area contributed by atoms with Crippen LogP contribution in [0.5, 0.6) is 5.75 Å². The molecule has 1 atom stereocenters. The van der Waals surface area contributed by atoms with Gasteiger partial charge in [0.2, 0.25) is 10.0 Å². The van der Waals surface area contributed by atoms with E-state index in [1.165, 1.54) is 6.26 Å². The van der Waals surface area contributed by atoms with Gasteiger partial charge in [-0.1, -0.05) is 12.1 Å². The van der Waals surface area contributed by atoms with Crippen LogP contribution in [0, 0.1) is 0 Å². The van der Waals surface area contributed by atoms with Gasteiger partial charge in [0, 0.05) is 12.0 Å². The summed E-state index contributed by atoms with van der Waals surface area (Å²) in [5.74, 6) is 0.655. The van der Waals surface area contributed by atoms with Crippen molar-refractivity contribution in [2.75, 3.05) is 6.26 Å². The van der Waals surface area contributed by atoms with Crippen LogP contribution >= 0.6 is 0 Å². The summed E-state index contributed by atoms with van der Waals surface area (Å²) in [5, 5.41) is 13.7. The van der Waals surface area contributed by atoms with Gasteiger partial charge >= 0.3 is 0 Å². The predicted octanol–water partition coefficient (Wildman–Crippen LogP) is 2.10. The van der Waals surface area contributed by atoms with Crippen molar-refractivity contribution in [1.29, 1.82) is 0 Å². The van der Waals surface area contributed by atoms with E-state index in [1.807, 2.05) is 0 Å². The quantitative estimate of drug-likeness (QED) is 0.941. The first kappa shape index (κ1) is 13.7. The zero-order chi connectivity index (χ0) is 15.0. The van der Waals surface area contributed by atoms with Crippen molar-refractivity contribution in [3.8, 4) is 5.75 Å². The molecule has 3 rings (SSSR count). The second-order valence-corrected chi connectivity index (χ2v) is 6.71. The molecule has 0 bridgehead atoms.